The van der Waals surface area contributed by atoms with Crippen LogP contribution in [0, 0.1) is 0 Å². The Balaban J connectivity index is 2.40. The maximum absolute atomic E-state index is 12.0. The van der Waals surface area contributed by atoms with Gasteiger partial charge in [0.25, 0.3) is 0 Å². The van der Waals surface area contributed by atoms with E-state index in [1.54, 1.807) is 4.90 Å². The Morgan fingerprint density at radius 3 is 2.67 bits per heavy atom. The van der Waals surface area contributed by atoms with E-state index in [9.17, 15) is 4.79 Å². The van der Waals surface area contributed by atoms with Gasteiger partial charge in [-0.2, -0.15) is 0 Å². The topological polar surface area (TPSA) is 35.6 Å². The van der Waals surface area contributed by atoms with E-state index in [2.05, 4.69) is 17.1 Å². The molecule has 0 aromatic rings. The van der Waals surface area contributed by atoms with Crippen LogP contribution in [0.4, 0.5) is 0 Å². The largest absolute Gasteiger partial charge is 0.345 e. The maximum Gasteiger partial charge on any atom is 0.236 e. The van der Waals surface area contributed by atoms with E-state index in [1.165, 1.54) is 19.3 Å². The summed E-state index contributed by atoms with van der Waals surface area (Å²) >= 11 is 0. The molecule has 1 N–H and O–H groups in total. The third-order valence-electron chi connectivity index (χ3n) is 3.69. The molecule has 1 rings (SSSR count). The molecule has 1 saturated heterocycles. The Hall–Kier alpha value is -0.610. The molecule has 1 amide bonds. The van der Waals surface area contributed by atoms with E-state index in [1.807, 2.05) is 14.0 Å². The van der Waals surface area contributed by atoms with Gasteiger partial charge in [-0.25, -0.2) is 0 Å². The normalized spacial score (nSPS) is 20.1. The van der Waals surface area contributed by atoms with Crippen molar-refractivity contribution in [3.63, 3.8) is 0 Å². The fraction of sp³-hybridized carbons (Fsp3) is 0.929. The number of nitrogens with zero attached hydrogens (tertiary/aromatic N) is 2. The number of carbonyl (C=O) groups is 1. The third kappa shape index (κ3) is 5.36. The summed E-state index contributed by atoms with van der Waals surface area (Å²) in [6.45, 7) is 8.71. The highest BCUT2D eigenvalue weighted by molar-refractivity contribution is 5.77. The van der Waals surface area contributed by atoms with Crippen LogP contribution in [0.15, 0.2) is 0 Å². The molecule has 1 unspecified atom stereocenters. The molecule has 0 aromatic heterocycles. The van der Waals surface area contributed by atoms with Crippen LogP contribution in [-0.4, -0.2) is 61.5 Å². The van der Waals surface area contributed by atoms with E-state index in [0.29, 0.717) is 12.6 Å². The van der Waals surface area contributed by atoms with Gasteiger partial charge in [0.15, 0.2) is 0 Å². The number of likely N-dealkylation sites (N-methyl/N-ethyl adjacent to an activating group) is 1. The fourth-order valence-corrected chi connectivity index (χ4v) is 2.43. The minimum Gasteiger partial charge on any atom is -0.345 e. The molecule has 0 spiro atoms. The number of amides is 1. The summed E-state index contributed by atoms with van der Waals surface area (Å²) in [6, 6.07) is 0.574. The van der Waals surface area contributed by atoms with Gasteiger partial charge in [-0.05, 0) is 39.3 Å². The predicted molar refractivity (Wildman–Crippen MR) is 75.7 cm³/mol. The monoisotopic (exact) mass is 255 g/mol. The van der Waals surface area contributed by atoms with Crippen molar-refractivity contribution in [3.05, 3.63) is 0 Å². The summed E-state index contributed by atoms with van der Waals surface area (Å²) in [5.74, 6) is 0.238. The zero-order valence-electron chi connectivity index (χ0n) is 12.2. The van der Waals surface area contributed by atoms with Crippen LogP contribution in [0.1, 0.15) is 39.5 Å². The van der Waals surface area contributed by atoms with Crippen LogP contribution >= 0.6 is 0 Å². The molecule has 1 aliphatic heterocycles. The van der Waals surface area contributed by atoms with Gasteiger partial charge < -0.3 is 10.2 Å². The van der Waals surface area contributed by atoms with Gasteiger partial charge in [0.05, 0.1) is 6.54 Å². The van der Waals surface area contributed by atoms with Crippen LogP contribution in [0.2, 0.25) is 0 Å². The van der Waals surface area contributed by atoms with Gasteiger partial charge in [0, 0.05) is 26.2 Å². The summed E-state index contributed by atoms with van der Waals surface area (Å²) < 4.78 is 0. The molecule has 4 heteroatoms. The lowest BCUT2D eigenvalue weighted by atomic mass is 10.0. The number of nitrogens with one attached hydrogen (secondary N) is 1. The molecule has 0 aromatic carbocycles. The van der Waals surface area contributed by atoms with Gasteiger partial charge in [-0.15, -0.1) is 0 Å². The molecule has 0 saturated carbocycles. The van der Waals surface area contributed by atoms with E-state index < -0.39 is 0 Å². The average Bonchev–Trinajstić information content (AvgIpc) is 2.39. The number of carbonyl (C=O) groups excluding carboxylic acids is 1. The molecule has 18 heavy (non-hydrogen) atoms. The van der Waals surface area contributed by atoms with Crippen molar-refractivity contribution in [2.75, 3.05) is 39.8 Å². The molecule has 0 bridgehead atoms. The van der Waals surface area contributed by atoms with Crippen molar-refractivity contribution in [2.45, 2.75) is 45.6 Å². The second-order valence-corrected chi connectivity index (χ2v) is 5.29. The van der Waals surface area contributed by atoms with Crippen molar-refractivity contribution >= 4 is 5.91 Å². The zero-order valence-corrected chi connectivity index (χ0v) is 12.2. The van der Waals surface area contributed by atoms with Crippen LogP contribution in [0.3, 0.4) is 0 Å². The lowest BCUT2D eigenvalue weighted by Gasteiger charge is -2.31. The molecule has 1 heterocycles. The van der Waals surface area contributed by atoms with Crippen molar-refractivity contribution in [2.24, 2.45) is 0 Å². The Labute approximate surface area is 112 Å². The van der Waals surface area contributed by atoms with E-state index in [0.717, 1.165) is 32.6 Å². The molecule has 1 atom stereocenters. The quantitative estimate of drug-likeness (QED) is 0.745. The molecule has 0 aliphatic carbocycles. The van der Waals surface area contributed by atoms with Gasteiger partial charge in [0.1, 0.15) is 0 Å². The second kappa shape index (κ2) is 8.48. The lowest BCUT2D eigenvalue weighted by molar-refractivity contribution is -0.131. The minimum atomic E-state index is 0.238. The van der Waals surface area contributed by atoms with Crippen molar-refractivity contribution in [3.8, 4) is 0 Å². The predicted octanol–water partition coefficient (Wildman–Crippen LogP) is 1.32. The summed E-state index contributed by atoms with van der Waals surface area (Å²) in [5, 5.41) is 3.56. The van der Waals surface area contributed by atoms with Crippen LogP contribution in [0.5, 0.6) is 0 Å². The molecule has 0 radical (unpaired) electrons. The van der Waals surface area contributed by atoms with Crippen LogP contribution in [0.25, 0.3) is 0 Å². The molecule has 4 nitrogen and oxygen atoms in total. The van der Waals surface area contributed by atoms with Crippen molar-refractivity contribution in [1.29, 1.82) is 0 Å². The lowest BCUT2D eigenvalue weighted by Crippen LogP contribution is -2.47. The SMILES string of the molecule is CCCN(CC(=O)N(C)CC)CC1CCCCN1. The number of rotatable bonds is 7. The van der Waals surface area contributed by atoms with Crippen LogP contribution in [-0.2, 0) is 4.79 Å². The summed E-state index contributed by atoms with van der Waals surface area (Å²) in [7, 11) is 1.88. The summed E-state index contributed by atoms with van der Waals surface area (Å²) in [6.07, 6.45) is 4.97. The Morgan fingerprint density at radius 2 is 2.11 bits per heavy atom. The number of hydrogen-bond acceptors (Lipinski definition) is 3. The number of hydrogen-bond donors (Lipinski definition) is 1. The first-order chi connectivity index (χ1) is 8.67. The summed E-state index contributed by atoms with van der Waals surface area (Å²) in [5.41, 5.74) is 0. The smallest absolute Gasteiger partial charge is 0.236 e. The van der Waals surface area contributed by atoms with Crippen molar-refractivity contribution in [1.82, 2.24) is 15.1 Å². The highest BCUT2D eigenvalue weighted by Crippen LogP contribution is 2.09. The minimum absolute atomic E-state index is 0.238. The van der Waals surface area contributed by atoms with E-state index in [-0.39, 0.29) is 5.91 Å². The highest BCUT2D eigenvalue weighted by atomic mass is 16.2. The third-order valence-corrected chi connectivity index (χ3v) is 3.69. The van der Waals surface area contributed by atoms with Gasteiger partial charge in [-0.1, -0.05) is 13.3 Å². The first kappa shape index (κ1) is 15.4. The van der Waals surface area contributed by atoms with Gasteiger partial charge in [0.2, 0.25) is 5.91 Å². The molecule has 106 valence electrons. The highest BCUT2D eigenvalue weighted by Gasteiger charge is 2.19. The van der Waals surface area contributed by atoms with E-state index in [4.69, 9.17) is 0 Å². The van der Waals surface area contributed by atoms with Crippen LogP contribution < -0.4 is 5.32 Å². The summed E-state index contributed by atoms with van der Waals surface area (Å²) in [4.78, 5) is 16.1. The molecular formula is C14H29N3O. The number of piperidine rings is 1. The van der Waals surface area contributed by atoms with Gasteiger partial charge in [-0.3, -0.25) is 9.69 Å². The Kier molecular flexibility index (Phi) is 7.28. The average molecular weight is 255 g/mol. The second-order valence-electron chi connectivity index (χ2n) is 5.29. The van der Waals surface area contributed by atoms with Gasteiger partial charge >= 0.3 is 0 Å². The molecule has 1 fully saturated rings. The Bertz CT molecular complexity index is 239. The Morgan fingerprint density at radius 1 is 1.33 bits per heavy atom. The fourth-order valence-electron chi connectivity index (χ4n) is 2.43. The van der Waals surface area contributed by atoms with Crippen molar-refractivity contribution < 1.29 is 4.79 Å². The standard InChI is InChI=1S/C14H29N3O/c1-4-10-17(12-14(18)16(3)5-2)11-13-8-6-7-9-15-13/h13,15H,4-12H2,1-3H3. The zero-order chi connectivity index (χ0) is 13.4. The molecular weight excluding hydrogens is 226 g/mol. The van der Waals surface area contributed by atoms with E-state index >= 15 is 0 Å². The maximum atomic E-state index is 12.0. The molecule has 1 aliphatic rings. The first-order valence-electron chi connectivity index (χ1n) is 7.37. The first-order valence-corrected chi connectivity index (χ1v) is 7.37.